The van der Waals surface area contributed by atoms with Gasteiger partial charge in [-0.3, -0.25) is 19.2 Å². The molecule has 17 heteroatoms. The Morgan fingerprint density at radius 1 is 0.551 bits per heavy atom. The largest absolute Gasteiger partial charge is 0.496 e. The van der Waals surface area contributed by atoms with Gasteiger partial charge >= 0.3 is 18.3 Å². The molecule has 69 heavy (non-hydrogen) atoms. The molecule has 2 atom stereocenters. The number of ether oxygens (including phenoxy) is 5. The highest BCUT2D eigenvalue weighted by Gasteiger charge is 2.27. The number of amides is 5. The van der Waals surface area contributed by atoms with E-state index in [4.69, 9.17) is 29.4 Å². The molecule has 4 aromatic carbocycles. The van der Waals surface area contributed by atoms with E-state index in [1.807, 2.05) is 60.7 Å². The average Bonchev–Trinajstić information content (AvgIpc) is 3.31. The first-order valence-electron chi connectivity index (χ1n) is 22.4. The molecule has 0 heterocycles. The SMILES string of the molecule is C.COc1ccc(CC(=O)[C@H](CCCCNC(=O)OCc2ccccc2)NC(=O)c2cc(CC(=O)[C@H](CCCCNC(=O)OCc3ccccc3)NC(=O)OC(C)(C)C)ccc2OC)cc1C(N)=O. The predicted octanol–water partition coefficient (Wildman–Crippen LogP) is 7.55. The zero-order valence-electron chi connectivity index (χ0n) is 39.4. The van der Waals surface area contributed by atoms with Crippen LogP contribution in [0.1, 0.15) is 110 Å². The highest BCUT2D eigenvalue weighted by molar-refractivity contribution is 6.01. The van der Waals surface area contributed by atoms with E-state index >= 15 is 0 Å². The number of methoxy groups -OCH3 is 2. The van der Waals surface area contributed by atoms with Crippen LogP contribution in [-0.2, 0) is 49.9 Å². The van der Waals surface area contributed by atoms with Crippen molar-refractivity contribution in [3.8, 4) is 11.5 Å². The fourth-order valence-corrected chi connectivity index (χ4v) is 6.94. The molecule has 0 aliphatic rings. The first kappa shape index (κ1) is 55.9. The van der Waals surface area contributed by atoms with E-state index in [0.29, 0.717) is 36.8 Å². The van der Waals surface area contributed by atoms with Gasteiger partial charge in [-0.15, -0.1) is 0 Å². The molecule has 0 bridgehead atoms. The smallest absolute Gasteiger partial charge is 0.408 e. The van der Waals surface area contributed by atoms with E-state index in [-0.39, 0.29) is 93.6 Å². The summed E-state index contributed by atoms with van der Waals surface area (Å²) in [6.45, 7) is 5.87. The summed E-state index contributed by atoms with van der Waals surface area (Å²) in [5.41, 5.74) is 7.48. The molecular weight excluding hydrogens is 887 g/mol. The zero-order valence-corrected chi connectivity index (χ0v) is 39.4. The molecule has 372 valence electrons. The molecule has 0 fully saturated rings. The summed E-state index contributed by atoms with van der Waals surface area (Å²) in [5.74, 6) is -1.68. The number of hydrogen-bond donors (Lipinski definition) is 5. The van der Waals surface area contributed by atoms with Gasteiger partial charge in [0, 0.05) is 25.9 Å². The number of alkyl carbamates (subject to hydrolysis) is 3. The second kappa shape index (κ2) is 28.7. The monoisotopic (exact) mass is 953 g/mol. The topological polar surface area (TPSA) is 240 Å². The summed E-state index contributed by atoms with van der Waals surface area (Å²) >= 11 is 0. The van der Waals surface area contributed by atoms with Crippen molar-refractivity contribution in [3.63, 3.8) is 0 Å². The number of benzene rings is 4. The lowest BCUT2D eigenvalue weighted by molar-refractivity contribution is -0.121. The molecule has 0 aliphatic carbocycles. The molecule has 6 N–H and O–H groups in total. The van der Waals surface area contributed by atoms with Gasteiger partial charge in [-0.05, 0) is 106 Å². The number of rotatable bonds is 26. The quantitative estimate of drug-likeness (QED) is 0.0303. The van der Waals surface area contributed by atoms with Crippen LogP contribution in [0.25, 0.3) is 0 Å². The molecule has 0 aliphatic heterocycles. The molecule has 0 saturated carbocycles. The normalized spacial score (nSPS) is 11.6. The van der Waals surface area contributed by atoms with Crippen molar-refractivity contribution >= 4 is 41.7 Å². The van der Waals surface area contributed by atoms with Crippen LogP contribution in [0.3, 0.4) is 0 Å². The first-order chi connectivity index (χ1) is 32.5. The predicted molar refractivity (Wildman–Crippen MR) is 260 cm³/mol. The van der Waals surface area contributed by atoms with Gasteiger partial charge < -0.3 is 50.7 Å². The Kier molecular flexibility index (Phi) is 23.2. The maximum absolute atomic E-state index is 14.1. The number of Topliss-reactive ketones (excluding diaryl/α,β-unsaturated/α-hetero) is 2. The van der Waals surface area contributed by atoms with Crippen LogP contribution in [-0.4, -0.2) is 86.7 Å². The lowest BCUT2D eigenvalue weighted by Gasteiger charge is -2.23. The minimum Gasteiger partial charge on any atom is -0.496 e. The maximum atomic E-state index is 14.1. The van der Waals surface area contributed by atoms with Crippen molar-refractivity contribution in [2.45, 2.75) is 110 Å². The molecule has 0 aromatic heterocycles. The summed E-state index contributed by atoms with van der Waals surface area (Å²) in [7, 11) is 2.78. The van der Waals surface area contributed by atoms with Crippen molar-refractivity contribution in [3.05, 3.63) is 130 Å². The molecule has 0 spiro atoms. The first-order valence-corrected chi connectivity index (χ1v) is 22.4. The third-order valence-electron chi connectivity index (χ3n) is 10.4. The van der Waals surface area contributed by atoms with Crippen molar-refractivity contribution < 1.29 is 57.2 Å². The van der Waals surface area contributed by atoms with E-state index in [0.717, 1.165) is 11.1 Å². The second-order valence-corrected chi connectivity index (χ2v) is 16.9. The van der Waals surface area contributed by atoms with Crippen molar-refractivity contribution in [2.24, 2.45) is 5.73 Å². The molecule has 4 aromatic rings. The third kappa shape index (κ3) is 20.1. The van der Waals surface area contributed by atoms with E-state index in [9.17, 15) is 33.6 Å². The number of ketones is 2. The van der Waals surface area contributed by atoms with E-state index < -0.39 is 47.8 Å². The minimum absolute atomic E-state index is 0. The molecule has 4 rings (SSSR count). The van der Waals surface area contributed by atoms with Crippen LogP contribution in [0.5, 0.6) is 11.5 Å². The number of hydrogen-bond acceptors (Lipinski definition) is 12. The van der Waals surface area contributed by atoms with Gasteiger partial charge in [0.05, 0.1) is 37.4 Å². The summed E-state index contributed by atoms with van der Waals surface area (Å²) < 4.78 is 26.8. The Balaban J connectivity index is 0.0000126. The highest BCUT2D eigenvalue weighted by Crippen LogP contribution is 2.23. The van der Waals surface area contributed by atoms with Crippen LogP contribution in [0.4, 0.5) is 14.4 Å². The van der Waals surface area contributed by atoms with Gasteiger partial charge in [0.2, 0.25) is 0 Å². The van der Waals surface area contributed by atoms with E-state index in [1.54, 1.807) is 39.0 Å². The van der Waals surface area contributed by atoms with Crippen LogP contribution < -0.4 is 36.5 Å². The Labute approximate surface area is 404 Å². The van der Waals surface area contributed by atoms with Gasteiger partial charge in [0.15, 0.2) is 11.6 Å². The fraction of sp³-hybridized carbons (Fsp3) is 0.404. The number of carbonyl (C=O) groups is 7. The third-order valence-corrected chi connectivity index (χ3v) is 10.4. The molecule has 0 unspecified atom stereocenters. The summed E-state index contributed by atoms with van der Waals surface area (Å²) in [5, 5.41) is 10.9. The second-order valence-electron chi connectivity index (χ2n) is 16.9. The number of nitrogens with one attached hydrogen (secondary N) is 4. The standard InChI is InChI=1S/C51H63N5O12.CH4/c1-51(2,3)68-50(63)56-41(21-13-15-27-54-49(62)67-33-35-18-10-7-11-19-35)43(58)31-37-23-25-45(65-5)39(29-37)47(60)55-40(42(57)30-36-22-24-44(64-4)38(28-36)46(52)59)20-12-14-26-53-48(61)66-32-34-16-8-6-9-17-34;/h6-11,16-19,22-25,28-29,40-41H,12-15,20-21,26-27,30-33H2,1-5H3,(H2,52,59)(H,53,61)(H,54,62)(H,55,60)(H,56,63);1H4/t40-,41-;/m0./s1. The molecular formula is C52H67N5O12. The fourth-order valence-electron chi connectivity index (χ4n) is 6.94. The Morgan fingerprint density at radius 3 is 1.42 bits per heavy atom. The van der Waals surface area contributed by atoms with Crippen LogP contribution in [0, 0.1) is 0 Å². The van der Waals surface area contributed by atoms with E-state index in [1.165, 1.54) is 32.4 Å². The summed E-state index contributed by atoms with van der Waals surface area (Å²) in [4.78, 5) is 91.6. The van der Waals surface area contributed by atoms with Crippen LogP contribution in [0.2, 0.25) is 0 Å². The Morgan fingerprint density at radius 2 is 0.986 bits per heavy atom. The highest BCUT2D eigenvalue weighted by atomic mass is 16.6. The lowest BCUT2D eigenvalue weighted by Crippen LogP contribution is -2.44. The number of unbranched alkanes of at least 4 members (excludes halogenated alkanes) is 2. The lowest BCUT2D eigenvalue weighted by atomic mass is 9.96. The molecule has 5 amide bonds. The number of nitrogens with two attached hydrogens (primary N) is 1. The maximum Gasteiger partial charge on any atom is 0.408 e. The van der Waals surface area contributed by atoms with Crippen LogP contribution >= 0.6 is 0 Å². The van der Waals surface area contributed by atoms with E-state index in [2.05, 4.69) is 21.3 Å². The van der Waals surface area contributed by atoms with Crippen molar-refractivity contribution in [1.29, 1.82) is 0 Å². The van der Waals surface area contributed by atoms with Gasteiger partial charge in [0.1, 0.15) is 30.3 Å². The van der Waals surface area contributed by atoms with Crippen LogP contribution in [0.15, 0.2) is 97.1 Å². The summed E-state index contributed by atoms with van der Waals surface area (Å²) in [6, 6.07) is 25.8. The van der Waals surface area contributed by atoms with Gasteiger partial charge in [-0.2, -0.15) is 0 Å². The Hall–Kier alpha value is -7.43. The van der Waals surface area contributed by atoms with Gasteiger partial charge in [0.25, 0.3) is 11.8 Å². The van der Waals surface area contributed by atoms with Crippen molar-refractivity contribution in [2.75, 3.05) is 27.3 Å². The zero-order chi connectivity index (χ0) is 49.5. The molecule has 0 radical (unpaired) electrons. The number of primary amides is 1. The molecule has 17 nitrogen and oxygen atoms in total. The minimum atomic E-state index is -1.02. The van der Waals surface area contributed by atoms with Crippen molar-refractivity contribution in [1.82, 2.24) is 21.3 Å². The number of carbonyl (C=O) groups excluding carboxylic acids is 7. The van der Waals surface area contributed by atoms with Gasteiger partial charge in [-0.25, -0.2) is 14.4 Å². The summed E-state index contributed by atoms with van der Waals surface area (Å²) in [6.07, 6.45) is -0.0806. The average molecular weight is 954 g/mol. The van der Waals surface area contributed by atoms with Gasteiger partial charge in [-0.1, -0.05) is 80.2 Å². The Bertz CT molecular complexity index is 2320. The molecule has 0 saturated heterocycles.